The van der Waals surface area contributed by atoms with Crippen LogP contribution < -0.4 is 0 Å². The van der Waals surface area contributed by atoms with Crippen LogP contribution in [0, 0.1) is 5.82 Å². The first-order valence-corrected chi connectivity index (χ1v) is 11.4. The number of hydrogen-bond donors (Lipinski definition) is 0. The average molecular weight is 459 g/mol. The zero-order valence-electron chi connectivity index (χ0n) is 17.2. The summed E-state index contributed by atoms with van der Waals surface area (Å²) in [7, 11) is 0. The van der Waals surface area contributed by atoms with Gasteiger partial charge < -0.3 is 9.47 Å². The molecule has 3 nitrogen and oxygen atoms in total. The SMILES string of the molecule is O=C(c1cc(Cl)cc(Cl)c1)N(Cc1cccn1Cc1ccc(F)cc1)C1CCCCC1. The number of aromatic nitrogens is 1. The van der Waals surface area contributed by atoms with Gasteiger partial charge in [0.2, 0.25) is 0 Å². The number of carbonyl (C=O) groups is 1. The maximum absolute atomic E-state index is 13.5. The fraction of sp³-hybridized carbons (Fsp3) is 0.320. The number of benzene rings is 2. The number of hydrogen-bond acceptors (Lipinski definition) is 1. The lowest BCUT2D eigenvalue weighted by molar-refractivity contribution is 0.0608. The Morgan fingerprint density at radius 2 is 1.68 bits per heavy atom. The highest BCUT2D eigenvalue weighted by Crippen LogP contribution is 2.28. The third kappa shape index (κ3) is 5.50. The van der Waals surface area contributed by atoms with Gasteiger partial charge in [-0.1, -0.05) is 54.6 Å². The summed E-state index contributed by atoms with van der Waals surface area (Å²) in [6.07, 6.45) is 7.46. The number of rotatable bonds is 6. The number of amides is 1. The lowest BCUT2D eigenvalue weighted by atomic mass is 9.93. The number of halogens is 3. The lowest BCUT2D eigenvalue weighted by Crippen LogP contribution is -2.41. The quantitative estimate of drug-likeness (QED) is 0.391. The second kappa shape index (κ2) is 9.88. The monoisotopic (exact) mass is 458 g/mol. The van der Waals surface area contributed by atoms with E-state index in [9.17, 15) is 9.18 Å². The summed E-state index contributed by atoms with van der Waals surface area (Å²) in [5.74, 6) is -0.295. The third-order valence-electron chi connectivity index (χ3n) is 5.91. The highest BCUT2D eigenvalue weighted by molar-refractivity contribution is 6.35. The van der Waals surface area contributed by atoms with E-state index in [1.54, 1.807) is 30.3 Å². The van der Waals surface area contributed by atoms with Crippen LogP contribution in [0.3, 0.4) is 0 Å². The Hall–Kier alpha value is -2.30. The molecule has 0 spiro atoms. The molecule has 1 aromatic heterocycles. The van der Waals surface area contributed by atoms with E-state index in [1.807, 2.05) is 23.2 Å². The second-order valence-electron chi connectivity index (χ2n) is 8.14. The Morgan fingerprint density at radius 3 is 2.35 bits per heavy atom. The zero-order chi connectivity index (χ0) is 21.8. The molecule has 3 aromatic rings. The molecule has 0 N–H and O–H groups in total. The van der Waals surface area contributed by atoms with E-state index in [-0.39, 0.29) is 17.8 Å². The van der Waals surface area contributed by atoms with Gasteiger partial charge in [-0.3, -0.25) is 4.79 Å². The Labute approximate surface area is 192 Å². The summed E-state index contributed by atoms with van der Waals surface area (Å²) in [6.45, 7) is 1.13. The minimum atomic E-state index is -0.245. The van der Waals surface area contributed by atoms with E-state index in [0.717, 1.165) is 36.9 Å². The van der Waals surface area contributed by atoms with Gasteiger partial charge in [0.25, 0.3) is 5.91 Å². The van der Waals surface area contributed by atoms with E-state index in [2.05, 4.69) is 4.57 Å². The Balaban J connectivity index is 1.60. The van der Waals surface area contributed by atoms with E-state index in [1.165, 1.54) is 18.6 Å². The summed E-state index contributed by atoms with van der Waals surface area (Å²) >= 11 is 12.3. The predicted molar refractivity (Wildman–Crippen MR) is 123 cm³/mol. The molecule has 4 rings (SSSR count). The molecule has 1 heterocycles. The molecule has 6 heteroatoms. The van der Waals surface area contributed by atoms with Gasteiger partial charge in [0.05, 0.1) is 6.54 Å². The molecule has 1 aliphatic rings. The normalized spacial score (nSPS) is 14.5. The maximum Gasteiger partial charge on any atom is 0.254 e. The Kier molecular flexibility index (Phi) is 6.99. The molecule has 0 bridgehead atoms. The van der Waals surface area contributed by atoms with Gasteiger partial charge in [-0.2, -0.15) is 0 Å². The van der Waals surface area contributed by atoms with E-state index >= 15 is 0 Å². The molecular formula is C25H25Cl2FN2O. The van der Waals surface area contributed by atoms with Crippen LogP contribution in [0.2, 0.25) is 10.0 Å². The molecule has 2 aromatic carbocycles. The highest BCUT2D eigenvalue weighted by atomic mass is 35.5. The topological polar surface area (TPSA) is 25.2 Å². The van der Waals surface area contributed by atoms with E-state index in [4.69, 9.17) is 23.2 Å². The summed E-state index contributed by atoms with van der Waals surface area (Å²) in [5.41, 5.74) is 2.56. The molecule has 0 aliphatic heterocycles. The van der Waals surface area contributed by atoms with Crippen molar-refractivity contribution in [2.75, 3.05) is 0 Å². The largest absolute Gasteiger partial charge is 0.345 e. The first-order chi connectivity index (χ1) is 15.0. The van der Waals surface area contributed by atoms with Gasteiger partial charge in [-0.25, -0.2) is 4.39 Å². The van der Waals surface area contributed by atoms with Crippen LogP contribution in [0.5, 0.6) is 0 Å². The molecule has 1 fully saturated rings. The molecule has 0 unspecified atom stereocenters. The van der Waals surface area contributed by atoms with Crippen LogP contribution in [-0.4, -0.2) is 21.4 Å². The van der Waals surface area contributed by atoms with Gasteiger partial charge in [-0.05, 0) is 60.9 Å². The standard InChI is InChI=1S/C25H25Cl2FN2O/c26-20-13-19(14-21(27)15-20)25(31)30(23-5-2-1-3-6-23)17-24-7-4-12-29(24)16-18-8-10-22(28)11-9-18/h4,7-15,23H,1-3,5-6,16-17H2. The molecule has 1 amide bonds. The Bertz CT molecular complexity index is 1020. The van der Waals surface area contributed by atoms with E-state index in [0.29, 0.717) is 28.7 Å². The third-order valence-corrected chi connectivity index (χ3v) is 6.34. The van der Waals surface area contributed by atoms with Crippen molar-refractivity contribution in [3.05, 3.63) is 93.5 Å². The zero-order valence-corrected chi connectivity index (χ0v) is 18.7. The van der Waals surface area contributed by atoms with Gasteiger partial charge in [-0.15, -0.1) is 0 Å². The second-order valence-corrected chi connectivity index (χ2v) is 9.01. The van der Waals surface area contributed by atoms with Crippen LogP contribution in [0.1, 0.15) is 53.7 Å². The highest BCUT2D eigenvalue weighted by Gasteiger charge is 2.27. The van der Waals surface area contributed by atoms with Crippen LogP contribution >= 0.6 is 23.2 Å². The Morgan fingerprint density at radius 1 is 1.00 bits per heavy atom. The van der Waals surface area contributed by atoms with Gasteiger partial charge in [0, 0.05) is 40.1 Å². The molecule has 1 saturated carbocycles. The van der Waals surface area contributed by atoms with Gasteiger partial charge in [0.15, 0.2) is 0 Å². The van der Waals surface area contributed by atoms with Gasteiger partial charge in [0.1, 0.15) is 5.82 Å². The van der Waals surface area contributed by atoms with Gasteiger partial charge >= 0.3 is 0 Å². The first-order valence-electron chi connectivity index (χ1n) is 10.6. The minimum absolute atomic E-state index is 0.0502. The van der Waals surface area contributed by atoms with Crippen molar-refractivity contribution in [2.45, 2.75) is 51.2 Å². The predicted octanol–water partition coefficient (Wildman–Crippen LogP) is 6.96. The number of nitrogens with zero attached hydrogens (tertiary/aromatic N) is 2. The van der Waals surface area contributed by atoms with E-state index < -0.39 is 0 Å². The fourth-order valence-electron chi connectivity index (χ4n) is 4.31. The fourth-order valence-corrected chi connectivity index (χ4v) is 4.84. The summed E-state index contributed by atoms with van der Waals surface area (Å²) in [5, 5.41) is 0.915. The van der Waals surface area contributed by atoms with Crippen molar-refractivity contribution in [3.63, 3.8) is 0 Å². The van der Waals surface area contributed by atoms with Crippen molar-refractivity contribution in [2.24, 2.45) is 0 Å². The number of carbonyl (C=O) groups excluding carboxylic acids is 1. The molecule has 0 radical (unpaired) electrons. The lowest BCUT2D eigenvalue weighted by Gasteiger charge is -2.35. The van der Waals surface area contributed by atoms with Crippen LogP contribution in [-0.2, 0) is 13.1 Å². The maximum atomic E-state index is 13.5. The van der Waals surface area contributed by atoms with Crippen LogP contribution in [0.25, 0.3) is 0 Å². The molecule has 1 aliphatic carbocycles. The summed E-state index contributed by atoms with van der Waals surface area (Å²) < 4.78 is 15.4. The molecule has 162 valence electrons. The van der Waals surface area contributed by atoms with Crippen molar-refractivity contribution in [1.82, 2.24) is 9.47 Å². The van der Waals surface area contributed by atoms with Crippen molar-refractivity contribution in [3.8, 4) is 0 Å². The van der Waals surface area contributed by atoms with Crippen molar-refractivity contribution < 1.29 is 9.18 Å². The summed E-state index contributed by atoms with van der Waals surface area (Å²) in [6, 6.07) is 15.7. The van der Waals surface area contributed by atoms with Crippen LogP contribution in [0.15, 0.2) is 60.8 Å². The van der Waals surface area contributed by atoms with Crippen molar-refractivity contribution >= 4 is 29.1 Å². The molecule has 0 atom stereocenters. The summed E-state index contributed by atoms with van der Waals surface area (Å²) in [4.78, 5) is 15.5. The molecular weight excluding hydrogens is 434 g/mol. The average Bonchev–Trinajstić information content (AvgIpc) is 3.19. The molecule has 31 heavy (non-hydrogen) atoms. The smallest absolute Gasteiger partial charge is 0.254 e. The molecule has 0 saturated heterocycles. The van der Waals surface area contributed by atoms with Crippen molar-refractivity contribution in [1.29, 1.82) is 0 Å². The minimum Gasteiger partial charge on any atom is -0.345 e. The first kappa shape index (κ1) is 21.9. The van der Waals surface area contributed by atoms with Crippen LogP contribution in [0.4, 0.5) is 4.39 Å².